The van der Waals surface area contributed by atoms with Gasteiger partial charge in [-0.25, -0.2) is 14.4 Å². The van der Waals surface area contributed by atoms with E-state index in [0.717, 1.165) is 25.7 Å². The summed E-state index contributed by atoms with van der Waals surface area (Å²) in [4.78, 5) is 28.2. The number of benzene rings is 1. The molecule has 1 unspecified atom stereocenters. The Labute approximate surface area is 207 Å². The van der Waals surface area contributed by atoms with Gasteiger partial charge in [-0.3, -0.25) is 9.78 Å². The highest BCUT2D eigenvalue weighted by atomic mass is 19.1. The molecule has 1 amide bonds. The van der Waals surface area contributed by atoms with Gasteiger partial charge in [0, 0.05) is 30.9 Å². The first kappa shape index (κ1) is 24.7. The van der Waals surface area contributed by atoms with Crippen molar-refractivity contribution in [3.8, 4) is 11.4 Å². The third-order valence-corrected chi connectivity index (χ3v) is 7.87. The van der Waals surface area contributed by atoms with Gasteiger partial charge < -0.3 is 4.90 Å². The first-order chi connectivity index (χ1) is 16.5. The van der Waals surface area contributed by atoms with Crippen molar-refractivity contribution >= 4 is 5.91 Å². The van der Waals surface area contributed by atoms with Crippen LogP contribution >= 0.6 is 0 Å². The van der Waals surface area contributed by atoms with Gasteiger partial charge in [0.2, 0.25) is 0 Å². The lowest BCUT2D eigenvalue weighted by Crippen LogP contribution is -2.48. The molecular formula is C29H33FN4O. The Bertz CT molecular complexity index is 1190. The van der Waals surface area contributed by atoms with E-state index in [1.54, 1.807) is 36.7 Å². The molecule has 3 heterocycles. The first-order valence-electron chi connectivity index (χ1n) is 11.9. The number of rotatable bonds is 3. The minimum absolute atomic E-state index is 0. The Balaban J connectivity index is 0.00000289. The van der Waals surface area contributed by atoms with Crippen LogP contribution in [-0.4, -0.2) is 38.8 Å². The predicted octanol–water partition coefficient (Wildman–Crippen LogP) is 6.31. The van der Waals surface area contributed by atoms with Crippen LogP contribution in [0.15, 0.2) is 73.3 Å². The summed E-state index contributed by atoms with van der Waals surface area (Å²) in [5.74, 6) is 0.507. The van der Waals surface area contributed by atoms with Gasteiger partial charge in [0.05, 0.1) is 11.3 Å². The number of hydrogen-bond acceptors (Lipinski definition) is 4. The summed E-state index contributed by atoms with van der Waals surface area (Å²) in [6.45, 7) is 8.11. The lowest BCUT2D eigenvalue weighted by molar-refractivity contribution is 0.0517. The molecule has 1 saturated carbocycles. The Morgan fingerprint density at radius 3 is 2.49 bits per heavy atom. The largest absolute Gasteiger partial charge is 0.339 e. The zero-order valence-corrected chi connectivity index (χ0v) is 19.5. The first-order valence-corrected chi connectivity index (χ1v) is 11.9. The maximum atomic E-state index is 13.6. The maximum absolute atomic E-state index is 13.6. The normalized spacial score (nSPS) is 21.4. The van der Waals surface area contributed by atoms with Crippen LogP contribution in [0.2, 0.25) is 0 Å². The molecule has 1 aliphatic carbocycles. The monoisotopic (exact) mass is 472 g/mol. The van der Waals surface area contributed by atoms with Crippen molar-refractivity contribution < 1.29 is 9.18 Å². The summed E-state index contributed by atoms with van der Waals surface area (Å²) in [6, 6.07) is 12.3. The second-order valence-corrected chi connectivity index (χ2v) is 9.55. The number of aromatic nitrogens is 3. The number of likely N-dealkylation sites (tertiary alicyclic amines) is 1. The SMILES string of the molecule is C.C=C1C(C)CC[C@@H](c2ccc(F)cc2)C12CCN(C(=O)c1cccnc1-c1ccncn1)CC2. The van der Waals surface area contributed by atoms with Crippen LogP contribution < -0.4 is 0 Å². The summed E-state index contributed by atoms with van der Waals surface area (Å²) >= 11 is 0. The minimum atomic E-state index is -0.211. The molecule has 1 aliphatic heterocycles. The summed E-state index contributed by atoms with van der Waals surface area (Å²) in [6.07, 6.45) is 8.65. The lowest BCUT2D eigenvalue weighted by Gasteiger charge is -2.52. The minimum Gasteiger partial charge on any atom is -0.339 e. The van der Waals surface area contributed by atoms with Gasteiger partial charge in [0.1, 0.15) is 17.8 Å². The van der Waals surface area contributed by atoms with Crippen LogP contribution in [0.5, 0.6) is 0 Å². The Kier molecular flexibility index (Phi) is 7.10. The second-order valence-electron chi connectivity index (χ2n) is 9.55. The Morgan fingerprint density at radius 1 is 1.06 bits per heavy atom. The zero-order chi connectivity index (χ0) is 23.7. The number of carbonyl (C=O) groups excluding carboxylic acids is 1. The fourth-order valence-corrected chi connectivity index (χ4v) is 5.92. The number of nitrogens with zero attached hydrogens (tertiary/aromatic N) is 4. The molecular weight excluding hydrogens is 439 g/mol. The Morgan fingerprint density at radius 2 is 1.80 bits per heavy atom. The van der Waals surface area contributed by atoms with E-state index < -0.39 is 0 Å². The van der Waals surface area contributed by atoms with E-state index in [1.165, 1.54) is 17.5 Å². The average molecular weight is 473 g/mol. The van der Waals surface area contributed by atoms with Crippen LogP contribution in [0.3, 0.4) is 0 Å². The molecule has 0 bridgehead atoms. The van der Waals surface area contributed by atoms with Crippen molar-refractivity contribution in [3.05, 3.63) is 90.3 Å². The molecule has 0 radical (unpaired) electrons. The van der Waals surface area contributed by atoms with Crippen LogP contribution in [0, 0.1) is 17.2 Å². The topological polar surface area (TPSA) is 59.0 Å². The fraction of sp³-hybridized carbons (Fsp3) is 0.379. The van der Waals surface area contributed by atoms with Gasteiger partial charge in [0.25, 0.3) is 5.91 Å². The van der Waals surface area contributed by atoms with Crippen molar-refractivity contribution in [1.82, 2.24) is 19.9 Å². The molecule has 1 spiro atoms. The van der Waals surface area contributed by atoms with E-state index in [2.05, 4.69) is 28.5 Å². The number of allylic oxidation sites excluding steroid dienone is 1. The molecule has 2 aliphatic rings. The third-order valence-electron chi connectivity index (χ3n) is 7.87. The van der Waals surface area contributed by atoms with Crippen LogP contribution in [0.25, 0.3) is 11.4 Å². The summed E-state index contributed by atoms with van der Waals surface area (Å²) < 4.78 is 13.6. The zero-order valence-electron chi connectivity index (χ0n) is 19.5. The van der Waals surface area contributed by atoms with Crippen molar-refractivity contribution in [2.75, 3.05) is 13.1 Å². The molecule has 5 rings (SSSR count). The molecule has 2 atom stereocenters. The van der Waals surface area contributed by atoms with E-state index >= 15 is 0 Å². The number of amides is 1. The van der Waals surface area contributed by atoms with E-state index in [4.69, 9.17) is 0 Å². The van der Waals surface area contributed by atoms with E-state index in [0.29, 0.717) is 41.9 Å². The molecule has 2 aromatic heterocycles. The summed E-state index contributed by atoms with van der Waals surface area (Å²) in [7, 11) is 0. The molecule has 182 valence electrons. The van der Waals surface area contributed by atoms with Gasteiger partial charge in [-0.2, -0.15) is 0 Å². The van der Waals surface area contributed by atoms with Crippen LogP contribution in [0.4, 0.5) is 4.39 Å². The molecule has 0 N–H and O–H groups in total. The average Bonchev–Trinajstić information content (AvgIpc) is 2.89. The Hall–Kier alpha value is -3.41. The van der Waals surface area contributed by atoms with Crippen molar-refractivity contribution in [1.29, 1.82) is 0 Å². The standard InChI is InChI=1S/C28H29FN4O.CH4/c1-19-5-10-24(21-6-8-22(29)9-7-21)28(20(19)2)12-16-33(17-13-28)27(34)23-4-3-14-31-26(23)25-11-15-30-18-32-25;/h3-4,6-9,11,14-15,18-19,24H,2,5,10,12-13,16-17H2,1H3;1H4/t19?,24-;/m0./s1. The molecule has 3 aromatic rings. The maximum Gasteiger partial charge on any atom is 0.256 e. The quantitative estimate of drug-likeness (QED) is 0.419. The van der Waals surface area contributed by atoms with Gasteiger partial charge in [0.15, 0.2) is 0 Å². The van der Waals surface area contributed by atoms with Crippen molar-refractivity contribution in [2.45, 2.75) is 46.0 Å². The van der Waals surface area contributed by atoms with E-state index in [9.17, 15) is 9.18 Å². The summed E-state index contributed by atoms with van der Waals surface area (Å²) in [5, 5.41) is 0. The van der Waals surface area contributed by atoms with Gasteiger partial charge in [-0.1, -0.05) is 38.6 Å². The van der Waals surface area contributed by atoms with Gasteiger partial charge in [-0.05, 0) is 73.4 Å². The van der Waals surface area contributed by atoms with Gasteiger partial charge in [-0.15, -0.1) is 0 Å². The van der Waals surface area contributed by atoms with Crippen molar-refractivity contribution in [3.63, 3.8) is 0 Å². The highest BCUT2D eigenvalue weighted by Crippen LogP contribution is 2.57. The number of hydrogen-bond donors (Lipinski definition) is 0. The van der Waals surface area contributed by atoms with Crippen molar-refractivity contribution in [2.24, 2.45) is 11.3 Å². The molecule has 5 nitrogen and oxygen atoms in total. The van der Waals surface area contributed by atoms with E-state index in [-0.39, 0.29) is 24.6 Å². The predicted molar refractivity (Wildman–Crippen MR) is 136 cm³/mol. The highest BCUT2D eigenvalue weighted by molar-refractivity contribution is 5.99. The smallest absolute Gasteiger partial charge is 0.256 e. The highest BCUT2D eigenvalue weighted by Gasteiger charge is 2.48. The fourth-order valence-electron chi connectivity index (χ4n) is 5.92. The van der Waals surface area contributed by atoms with Gasteiger partial charge >= 0.3 is 0 Å². The number of carbonyl (C=O) groups is 1. The number of pyridine rings is 1. The summed E-state index contributed by atoms with van der Waals surface area (Å²) in [5.41, 5.74) is 4.16. The number of piperidine rings is 1. The second kappa shape index (κ2) is 10.1. The molecule has 6 heteroatoms. The third kappa shape index (κ3) is 4.49. The van der Waals surface area contributed by atoms with E-state index in [1.807, 2.05) is 23.1 Å². The molecule has 2 fully saturated rings. The molecule has 1 aromatic carbocycles. The molecule has 1 saturated heterocycles. The van der Waals surface area contributed by atoms with Crippen LogP contribution in [0.1, 0.15) is 61.9 Å². The number of halogens is 1. The van der Waals surface area contributed by atoms with Crippen LogP contribution in [-0.2, 0) is 0 Å². The molecule has 35 heavy (non-hydrogen) atoms. The lowest BCUT2D eigenvalue weighted by atomic mass is 9.55.